The molecule has 2 aromatic rings. The molecule has 28 heavy (non-hydrogen) atoms. The molecule has 0 heterocycles. The highest BCUT2D eigenvalue weighted by Crippen LogP contribution is 2.28. The molecule has 152 valence electrons. The van der Waals surface area contributed by atoms with Gasteiger partial charge in [-0.3, -0.25) is 4.79 Å². The first kappa shape index (κ1) is 22.0. The van der Waals surface area contributed by atoms with Crippen LogP contribution in [0.1, 0.15) is 82.7 Å². The Morgan fingerprint density at radius 2 is 1.57 bits per heavy atom. The van der Waals surface area contributed by atoms with Gasteiger partial charge in [-0.25, -0.2) is 0 Å². The van der Waals surface area contributed by atoms with Crippen molar-refractivity contribution >= 4 is 5.91 Å². The zero-order chi connectivity index (χ0) is 21.1. The molecule has 0 saturated carbocycles. The summed E-state index contributed by atoms with van der Waals surface area (Å²) in [4.78, 5) is 12.7. The SMILES string of the molecule is Cc1ccc(C(C)C)c(OC(C)C(=O)NC(C)c2ccc(C(C)(C)C)cc2)c1. The Bertz CT molecular complexity index is 800. The first-order valence-electron chi connectivity index (χ1n) is 10.2. The van der Waals surface area contributed by atoms with Crippen LogP contribution in [0.4, 0.5) is 0 Å². The summed E-state index contributed by atoms with van der Waals surface area (Å²) in [5.41, 5.74) is 4.74. The van der Waals surface area contributed by atoms with Gasteiger partial charge in [-0.15, -0.1) is 0 Å². The van der Waals surface area contributed by atoms with Crippen molar-refractivity contribution in [1.29, 1.82) is 0 Å². The van der Waals surface area contributed by atoms with Crippen molar-refractivity contribution in [3.8, 4) is 5.75 Å². The van der Waals surface area contributed by atoms with Gasteiger partial charge in [-0.1, -0.05) is 71.0 Å². The van der Waals surface area contributed by atoms with E-state index in [0.717, 1.165) is 22.4 Å². The second kappa shape index (κ2) is 8.81. The van der Waals surface area contributed by atoms with Crippen LogP contribution >= 0.6 is 0 Å². The molecule has 0 spiro atoms. The molecule has 0 fully saturated rings. The smallest absolute Gasteiger partial charge is 0.261 e. The van der Waals surface area contributed by atoms with Crippen LogP contribution < -0.4 is 10.1 Å². The highest BCUT2D eigenvalue weighted by molar-refractivity contribution is 5.81. The predicted molar refractivity (Wildman–Crippen MR) is 117 cm³/mol. The molecule has 2 unspecified atom stereocenters. The normalized spacial score (nSPS) is 13.9. The Labute approximate surface area is 170 Å². The summed E-state index contributed by atoms with van der Waals surface area (Å²) in [5, 5.41) is 3.07. The summed E-state index contributed by atoms with van der Waals surface area (Å²) in [6.07, 6.45) is -0.560. The average Bonchev–Trinajstić information content (AvgIpc) is 2.60. The standard InChI is InChI=1S/C25H35NO2/c1-16(2)22-14-9-17(3)15-23(22)28-19(5)24(27)26-18(4)20-10-12-21(13-11-20)25(6,7)8/h9-16,18-19H,1-8H3,(H,26,27). The Kier molecular flexibility index (Phi) is 6.92. The summed E-state index contributed by atoms with van der Waals surface area (Å²) in [7, 11) is 0. The van der Waals surface area contributed by atoms with Gasteiger partial charge in [0.05, 0.1) is 6.04 Å². The molecular weight excluding hydrogens is 346 g/mol. The lowest BCUT2D eigenvalue weighted by Crippen LogP contribution is -2.38. The predicted octanol–water partition coefficient (Wildman–Crippen LogP) is 6.06. The van der Waals surface area contributed by atoms with Gasteiger partial charge in [0.2, 0.25) is 0 Å². The maximum absolute atomic E-state index is 12.7. The van der Waals surface area contributed by atoms with E-state index in [1.807, 2.05) is 19.9 Å². The Morgan fingerprint density at radius 3 is 2.11 bits per heavy atom. The molecule has 0 aliphatic carbocycles. The summed E-state index contributed by atoms with van der Waals surface area (Å²) in [6, 6.07) is 14.6. The van der Waals surface area contributed by atoms with E-state index >= 15 is 0 Å². The van der Waals surface area contributed by atoms with Gasteiger partial charge in [0, 0.05) is 0 Å². The summed E-state index contributed by atoms with van der Waals surface area (Å²) < 4.78 is 6.04. The molecule has 0 saturated heterocycles. The first-order valence-corrected chi connectivity index (χ1v) is 10.2. The number of rotatable bonds is 6. The molecule has 0 aliphatic heterocycles. The Hall–Kier alpha value is -2.29. The van der Waals surface area contributed by atoms with Gasteiger partial charge in [0.25, 0.3) is 5.91 Å². The molecule has 2 rings (SSSR count). The molecule has 1 amide bonds. The molecule has 0 radical (unpaired) electrons. The number of carbonyl (C=O) groups is 1. The highest BCUT2D eigenvalue weighted by atomic mass is 16.5. The van der Waals surface area contributed by atoms with E-state index in [1.165, 1.54) is 5.56 Å². The fraction of sp³-hybridized carbons (Fsp3) is 0.480. The van der Waals surface area contributed by atoms with E-state index in [-0.39, 0.29) is 17.4 Å². The molecule has 2 aromatic carbocycles. The van der Waals surface area contributed by atoms with Crippen LogP contribution in [0, 0.1) is 6.92 Å². The summed E-state index contributed by atoms with van der Waals surface area (Å²) >= 11 is 0. The van der Waals surface area contributed by atoms with Crippen molar-refractivity contribution in [1.82, 2.24) is 5.32 Å². The molecular formula is C25H35NO2. The van der Waals surface area contributed by atoms with Crippen molar-refractivity contribution in [2.24, 2.45) is 0 Å². The van der Waals surface area contributed by atoms with Gasteiger partial charge in [0.15, 0.2) is 6.10 Å². The fourth-order valence-corrected chi connectivity index (χ4v) is 3.15. The van der Waals surface area contributed by atoms with Crippen molar-refractivity contribution in [2.45, 2.75) is 78.9 Å². The topological polar surface area (TPSA) is 38.3 Å². The van der Waals surface area contributed by atoms with Crippen molar-refractivity contribution in [3.05, 3.63) is 64.7 Å². The molecule has 3 nitrogen and oxygen atoms in total. The largest absolute Gasteiger partial charge is 0.481 e. The van der Waals surface area contributed by atoms with Crippen LogP contribution in [0.3, 0.4) is 0 Å². The maximum atomic E-state index is 12.7. The van der Waals surface area contributed by atoms with E-state index < -0.39 is 6.10 Å². The number of benzene rings is 2. The number of ether oxygens (including phenoxy) is 1. The van der Waals surface area contributed by atoms with Crippen molar-refractivity contribution in [3.63, 3.8) is 0 Å². The van der Waals surface area contributed by atoms with Crippen LogP contribution in [0.2, 0.25) is 0 Å². The Balaban J connectivity index is 2.05. The van der Waals surface area contributed by atoms with Gasteiger partial charge < -0.3 is 10.1 Å². The number of aryl methyl sites for hydroxylation is 1. The number of hydrogen-bond acceptors (Lipinski definition) is 2. The second-order valence-corrected chi connectivity index (χ2v) is 9.06. The number of nitrogens with one attached hydrogen (secondary N) is 1. The maximum Gasteiger partial charge on any atom is 0.261 e. The van der Waals surface area contributed by atoms with Crippen molar-refractivity contribution in [2.75, 3.05) is 0 Å². The monoisotopic (exact) mass is 381 g/mol. The number of amides is 1. The fourth-order valence-electron chi connectivity index (χ4n) is 3.15. The molecule has 1 N–H and O–H groups in total. The lowest BCUT2D eigenvalue weighted by atomic mass is 9.86. The van der Waals surface area contributed by atoms with Crippen molar-refractivity contribution < 1.29 is 9.53 Å². The van der Waals surface area contributed by atoms with E-state index in [9.17, 15) is 4.79 Å². The van der Waals surface area contributed by atoms with E-state index in [1.54, 1.807) is 6.92 Å². The van der Waals surface area contributed by atoms with Gasteiger partial charge in [-0.2, -0.15) is 0 Å². The van der Waals surface area contributed by atoms with Gasteiger partial charge in [0.1, 0.15) is 5.75 Å². The summed E-state index contributed by atoms with van der Waals surface area (Å²) in [5.74, 6) is 1.02. The minimum atomic E-state index is -0.560. The minimum absolute atomic E-state index is 0.0744. The third-order valence-electron chi connectivity index (χ3n) is 5.10. The van der Waals surface area contributed by atoms with Gasteiger partial charge >= 0.3 is 0 Å². The third kappa shape index (κ3) is 5.60. The molecule has 0 aliphatic rings. The number of hydrogen-bond donors (Lipinski definition) is 1. The van der Waals surface area contributed by atoms with Crippen LogP contribution in [-0.4, -0.2) is 12.0 Å². The molecule has 0 aromatic heterocycles. The lowest BCUT2D eigenvalue weighted by Gasteiger charge is -2.23. The highest BCUT2D eigenvalue weighted by Gasteiger charge is 2.20. The average molecular weight is 382 g/mol. The van der Waals surface area contributed by atoms with Gasteiger partial charge in [-0.05, 0) is 60.4 Å². The quantitative estimate of drug-likeness (QED) is 0.660. The second-order valence-electron chi connectivity index (χ2n) is 9.06. The third-order valence-corrected chi connectivity index (χ3v) is 5.10. The van der Waals surface area contributed by atoms with Crippen LogP contribution in [-0.2, 0) is 10.2 Å². The lowest BCUT2D eigenvalue weighted by molar-refractivity contribution is -0.127. The zero-order valence-electron chi connectivity index (χ0n) is 18.6. The first-order chi connectivity index (χ1) is 13.0. The van der Waals surface area contributed by atoms with E-state index in [2.05, 4.69) is 76.3 Å². The molecule has 0 bridgehead atoms. The molecule has 3 heteroatoms. The van der Waals surface area contributed by atoms with Crippen LogP contribution in [0.25, 0.3) is 0 Å². The number of carbonyl (C=O) groups excluding carboxylic acids is 1. The van der Waals surface area contributed by atoms with E-state index in [4.69, 9.17) is 4.74 Å². The summed E-state index contributed by atoms with van der Waals surface area (Å²) in [6.45, 7) is 16.7. The van der Waals surface area contributed by atoms with Crippen LogP contribution in [0.5, 0.6) is 5.75 Å². The minimum Gasteiger partial charge on any atom is -0.481 e. The van der Waals surface area contributed by atoms with Crippen LogP contribution in [0.15, 0.2) is 42.5 Å². The van der Waals surface area contributed by atoms with E-state index in [0.29, 0.717) is 5.92 Å². The molecule has 2 atom stereocenters. The zero-order valence-corrected chi connectivity index (χ0v) is 18.6. The Morgan fingerprint density at radius 1 is 0.964 bits per heavy atom.